The van der Waals surface area contributed by atoms with E-state index in [9.17, 15) is 0 Å². The minimum Gasteiger partial charge on any atom is -0.456 e. The number of hydrogen-bond donors (Lipinski definition) is 0. The summed E-state index contributed by atoms with van der Waals surface area (Å²) in [5.41, 5.74) is 10.0. The molecule has 9 rings (SSSR count). The van der Waals surface area contributed by atoms with Gasteiger partial charge < -0.3 is 9.32 Å². The molecule has 216 valence electrons. The van der Waals surface area contributed by atoms with E-state index in [1.54, 1.807) is 0 Å². The van der Waals surface area contributed by atoms with Crippen molar-refractivity contribution in [1.29, 1.82) is 0 Å². The van der Waals surface area contributed by atoms with Crippen LogP contribution in [0.15, 0.2) is 180 Å². The molecule has 9 aromatic rings. The summed E-state index contributed by atoms with van der Waals surface area (Å²) >= 11 is 0. The molecule has 0 N–H and O–H groups in total. The summed E-state index contributed by atoms with van der Waals surface area (Å²) in [7, 11) is 0. The van der Waals surface area contributed by atoms with Crippen molar-refractivity contribution in [3.8, 4) is 22.3 Å². The molecule has 0 aliphatic heterocycles. The molecule has 0 radical (unpaired) electrons. The maximum absolute atomic E-state index is 6.14. The van der Waals surface area contributed by atoms with Crippen molar-refractivity contribution < 1.29 is 4.42 Å². The lowest BCUT2D eigenvalue weighted by Gasteiger charge is -2.26. The molecular formula is C44H29NO. The van der Waals surface area contributed by atoms with Gasteiger partial charge in [-0.3, -0.25) is 0 Å². The molecular weight excluding hydrogens is 558 g/mol. The molecule has 8 aromatic carbocycles. The van der Waals surface area contributed by atoms with Crippen LogP contribution in [0, 0.1) is 0 Å². The predicted molar refractivity (Wildman–Crippen MR) is 194 cm³/mol. The Morgan fingerprint density at radius 1 is 0.304 bits per heavy atom. The molecule has 46 heavy (non-hydrogen) atoms. The van der Waals surface area contributed by atoms with Gasteiger partial charge in [-0.25, -0.2) is 0 Å². The molecule has 2 heteroatoms. The van der Waals surface area contributed by atoms with Gasteiger partial charge >= 0.3 is 0 Å². The monoisotopic (exact) mass is 587 g/mol. The fraction of sp³-hybridized carbons (Fsp3) is 0. The van der Waals surface area contributed by atoms with Crippen LogP contribution < -0.4 is 4.90 Å². The summed E-state index contributed by atoms with van der Waals surface area (Å²) in [5, 5.41) is 7.15. The van der Waals surface area contributed by atoms with Crippen molar-refractivity contribution in [3.63, 3.8) is 0 Å². The van der Waals surface area contributed by atoms with Gasteiger partial charge in [0.25, 0.3) is 0 Å². The van der Waals surface area contributed by atoms with Gasteiger partial charge in [0.1, 0.15) is 11.2 Å². The van der Waals surface area contributed by atoms with Crippen molar-refractivity contribution in [1.82, 2.24) is 0 Å². The Morgan fingerprint density at radius 2 is 0.848 bits per heavy atom. The van der Waals surface area contributed by atoms with Crippen LogP contribution in [0.4, 0.5) is 17.1 Å². The van der Waals surface area contributed by atoms with Gasteiger partial charge in [-0.2, -0.15) is 0 Å². The van der Waals surface area contributed by atoms with E-state index in [1.807, 2.05) is 12.1 Å². The second-order valence-electron chi connectivity index (χ2n) is 11.8. The SMILES string of the molecule is c1ccc(-c2ccc3ccc(-c4ccc5cc(N(c6ccccc6)c6ccc7oc8ccccc8c7c6)ccc5c4)cc3c2)cc1. The van der Waals surface area contributed by atoms with Gasteiger partial charge in [0.2, 0.25) is 0 Å². The molecule has 0 aliphatic rings. The van der Waals surface area contributed by atoms with Crippen LogP contribution in [-0.4, -0.2) is 0 Å². The molecule has 0 fully saturated rings. The Bertz CT molecular complexity index is 2530. The van der Waals surface area contributed by atoms with Crippen LogP contribution in [0.5, 0.6) is 0 Å². The molecule has 0 aliphatic carbocycles. The fourth-order valence-corrected chi connectivity index (χ4v) is 6.67. The maximum atomic E-state index is 6.14. The van der Waals surface area contributed by atoms with Crippen molar-refractivity contribution in [2.45, 2.75) is 0 Å². The van der Waals surface area contributed by atoms with Gasteiger partial charge in [0, 0.05) is 27.8 Å². The number of nitrogens with zero attached hydrogens (tertiary/aromatic N) is 1. The smallest absolute Gasteiger partial charge is 0.135 e. The molecule has 0 bridgehead atoms. The van der Waals surface area contributed by atoms with Gasteiger partial charge in [-0.05, 0) is 111 Å². The third-order valence-electron chi connectivity index (χ3n) is 9.00. The predicted octanol–water partition coefficient (Wildman–Crippen LogP) is 12.7. The van der Waals surface area contributed by atoms with Gasteiger partial charge in [0.15, 0.2) is 0 Å². The Kier molecular flexibility index (Phi) is 6.17. The average Bonchev–Trinajstić information content (AvgIpc) is 3.50. The normalized spacial score (nSPS) is 11.5. The number of anilines is 3. The van der Waals surface area contributed by atoms with E-state index in [0.29, 0.717) is 0 Å². The summed E-state index contributed by atoms with van der Waals surface area (Å²) < 4.78 is 6.14. The lowest BCUT2D eigenvalue weighted by Crippen LogP contribution is -2.09. The summed E-state index contributed by atoms with van der Waals surface area (Å²) in [5.74, 6) is 0. The van der Waals surface area contributed by atoms with E-state index in [2.05, 4.69) is 169 Å². The third kappa shape index (κ3) is 4.60. The molecule has 0 unspecified atom stereocenters. The van der Waals surface area contributed by atoms with E-state index < -0.39 is 0 Å². The number of furan rings is 1. The Balaban J connectivity index is 1.11. The average molecular weight is 588 g/mol. The molecule has 0 spiro atoms. The van der Waals surface area contributed by atoms with Crippen LogP contribution in [0.25, 0.3) is 65.7 Å². The maximum Gasteiger partial charge on any atom is 0.135 e. The van der Waals surface area contributed by atoms with Crippen LogP contribution in [0.3, 0.4) is 0 Å². The zero-order valence-corrected chi connectivity index (χ0v) is 25.1. The van der Waals surface area contributed by atoms with Crippen molar-refractivity contribution >= 4 is 60.5 Å². The number of rotatable bonds is 5. The zero-order chi connectivity index (χ0) is 30.5. The first kappa shape index (κ1) is 26.3. The van der Waals surface area contributed by atoms with Crippen LogP contribution in [-0.2, 0) is 0 Å². The highest BCUT2D eigenvalue weighted by Gasteiger charge is 2.16. The molecule has 2 nitrogen and oxygen atoms in total. The summed E-state index contributed by atoms with van der Waals surface area (Å²) in [4.78, 5) is 2.32. The van der Waals surface area contributed by atoms with Crippen LogP contribution in [0.1, 0.15) is 0 Å². The summed E-state index contributed by atoms with van der Waals surface area (Å²) in [6, 6.07) is 62.9. The molecule has 0 saturated heterocycles. The van der Waals surface area contributed by atoms with Crippen molar-refractivity contribution in [3.05, 3.63) is 176 Å². The Labute approximate surface area is 267 Å². The summed E-state index contributed by atoms with van der Waals surface area (Å²) in [6.45, 7) is 0. The number of fused-ring (bicyclic) bond motifs is 5. The summed E-state index contributed by atoms with van der Waals surface area (Å²) in [6.07, 6.45) is 0. The quantitative estimate of drug-likeness (QED) is 0.199. The second kappa shape index (κ2) is 10.8. The van der Waals surface area contributed by atoms with Crippen molar-refractivity contribution in [2.75, 3.05) is 4.90 Å². The van der Waals surface area contributed by atoms with Gasteiger partial charge in [0.05, 0.1) is 0 Å². The first-order valence-corrected chi connectivity index (χ1v) is 15.7. The largest absolute Gasteiger partial charge is 0.456 e. The van der Waals surface area contributed by atoms with E-state index in [4.69, 9.17) is 4.42 Å². The standard InChI is InChI=1S/C44H29NO/c1-3-9-30(10-4-1)32-17-15-31-16-18-34(27-37(31)26-32)33-19-20-36-28-39(22-21-35(36)25-33)45(38-11-5-2-6-12-38)40-23-24-44-42(29-40)41-13-7-8-14-43(41)46-44/h1-29H. The molecule has 0 atom stereocenters. The lowest BCUT2D eigenvalue weighted by atomic mass is 9.96. The van der Waals surface area contributed by atoms with Crippen LogP contribution >= 0.6 is 0 Å². The minimum atomic E-state index is 0.897. The van der Waals surface area contributed by atoms with Crippen molar-refractivity contribution in [2.24, 2.45) is 0 Å². The van der Waals surface area contributed by atoms with Crippen LogP contribution in [0.2, 0.25) is 0 Å². The zero-order valence-electron chi connectivity index (χ0n) is 25.1. The van der Waals surface area contributed by atoms with E-state index in [0.717, 1.165) is 39.0 Å². The highest BCUT2D eigenvalue weighted by atomic mass is 16.3. The highest BCUT2D eigenvalue weighted by Crippen LogP contribution is 2.40. The second-order valence-corrected chi connectivity index (χ2v) is 11.8. The number of benzene rings is 8. The number of para-hydroxylation sites is 2. The molecule has 1 heterocycles. The van der Waals surface area contributed by atoms with E-state index in [-0.39, 0.29) is 0 Å². The third-order valence-corrected chi connectivity index (χ3v) is 9.00. The topological polar surface area (TPSA) is 16.4 Å². The van der Waals surface area contributed by atoms with E-state index >= 15 is 0 Å². The lowest BCUT2D eigenvalue weighted by molar-refractivity contribution is 0.669. The number of hydrogen-bond acceptors (Lipinski definition) is 2. The first-order valence-electron chi connectivity index (χ1n) is 15.7. The van der Waals surface area contributed by atoms with Gasteiger partial charge in [-0.15, -0.1) is 0 Å². The molecule has 0 saturated carbocycles. The fourth-order valence-electron chi connectivity index (χ4n) is 6.67. The van der Waals surface area contributed by atoms with Gasteiger partial charge in [-0.1, -0.05) is 109 Å². The Morgan fingerprint density at radius 3 is 1.63 bits per heavy atom. The molecule has 1 aromatic heterocycles. The first-order chi connectivity index (χ1) is 22.8. The molecule has 0 amide bonds. The van der Waals surface area contributed by atoms with E-state index in [1.165, 1.54) is 43.8 Å². The highest BCUT2D eigenvalue weighted by molar-refractivity contribution is 6.06. The minimum absolute atomic E-state index is 0.897. The Hall–Kier alpha value is -6.12.